The van der Waals surface area contributed by atoms with Gasteiger partial charge in [-0.3, -0.25) is 4.79 Å². The predicted octanol–water partition coefficient (Wildman–Crippen LogP) is 2.54. The Hall–Kier alpha value is -1.22. The number of halogens is 1. The molecule has 0 atom stereocenters. The van der Waals surface area contributed by atoms with Crippen LogP contribution < -0.4 is 0 Å². The lowest BCUT2D eigenvalue weighted by molar-refractivity contribution is -0.143. The van der Waals surface area contributed by atoms with E-state index >= 15 is 0 Å². The van der Waals surface area contributed by atoms with Crippen LogP contribution >= 0.6 is 11.6 Å². The second kappa shape index (κ2) is 5.61. The van der Waals surface area contributed by atoms with Gasteiger partial charge in [-0.15, -0.1) is 0 Å². The van der Waals surface area contributed by atoms with Gasteiger partial charge in [-0.2, -0.15) is 0 Å². The fourth-order valence-electron chi connectivity index (χ4n) is 1.22. The van der Waals surface area contributed by atoms with Crippen LogP contribution in [0.5, 0.6) is 5.75 Å². The quantitative estimate of drug-likeness (QED) is 0.806. The van der Waals surface area contributed by atoms with Crippen molar-refractivity contribution in [1.29, 1.82) is 0 Å². The summed E-state index contributed by atoms with van der Waals surface area (Å²) in [5.74, 6) is -0.102. The summed E-state index contributed by atoms with van der Waals surface area (Å²) >= 11 is 5.89. The molecule has 0 fully saturated rings. The molecule has 1 aromatic carbocycles. The maximum absolute atomic E-state index is 11.1. The molecule has 0 spiro atoms. The van der Waals surface area contributed by atoms with Crippen LogP contribution in [-0.4, -0.2) is 17.7 Å². The van der Waals surface area contributed by atoms with Crippen molar-refractivity contribution in [3.63, 3.8) is 0 Å². The van der Waals surface area contributed by atoms with E-state index in [1.165, 1.54) is 6.07 Å². The van der Waals surface area contributed by atoms with E-state index in [0.717, 1.165) is 5.56 Å². The summed E-state index contributed by atoms with van der Waals surface area (Å²) in [5, 5.41) is 9.78. The van der Waals surface area contributed by atoms with E-state index in [1.807, 2.05) is 0 Å². The molecule has 0 saturated carbocycles. The number of rotatable bonds is 4. The minimum Gasteiger partial charge on any atom is -0.508 e. The third-order valence-corrected chi connectivity index (χ3v) is 2.30. The van der Waals surface area contributed by atoms with E-state index in [1.54, 1.807) is 19.1 Å². The molecule has 1 aromatic rings. The molecular weight excluding hydrogens is 216 g/mol. The molecule has 0 aliphatic carbocycles. The number of ether oxygens (including phenoxy) is 1. The SMILES string of the molecule is CCOC(=O)CCc1cc(O)ccc1Cl. The smallest absolute Gasteiger partial charge is 0.306 e. The first-order chi connectivity index (χ1) is 7.13. The number of carbonyl (C=O) groups excluding carboxylic acids is 1. The molecule has 0 aromatic heterocycles. The molecular formula is C11H13ClO3. The Kier molecular flexibility index (Phi) is 4.43. The molecule has 0 unspecified atom stereocenters. The zero-order valence-electron chi connectivity index (χ0n) is 8.50. The van der Waals surface area contributed by atoms with Crippen molar-refractivity contribution in [2.24, 2.45) is 0 Å². The van der Waals surface area contributed by atoms with Crippen molar-refractivity contribution in [2.75, 3.05) is 6.61 Å². The zero-order valence-corrected chi connectivity index (χ0v) is 9.25. The third-order valence-electron chi connectivity index (χ3n) is 1.93. The van der Waals surface area contributed by atoms with E-state index in [-0.39, 0.29) is 18.1 Å². The molecule has 0 aliphatic heterocycles. The van der Waals surface area contributed by atoms with Crippen molar-refractivity contribution in [2.45, 2.75) is 19.8 Å². The maximum atomic E-state index is 11.1. The number of phenols is 1. The largest absolute Gasteiger partial charge is 0.508 e. The number of aromatic hydroxyl groups is 1. The van der Waals surface area contributed by atoms with Gasteiger partial charge in [0.15, 0.2) is 0 Å². The van der Waals surface area contributed by atoms with E-state index in [0.29, 0.717) is 18.1 Å². The van der Waals surface area contributed by atoms with E-state index in [2.05, 4.69) is 0 Å². The number of esters is 1. The van der Waals surface area contributed by atoms with Crippen LogP contribution in [0.3, 0.4) is 0 Å². The Morgan fingerprint density at radius 1 is 1.53 bits per heavy atom. The fourth-order valence-corrected chi connectivity index (χ4v) is 1.43. The van der Waals surface area contributed by atoms with Gasteiger partial charge in [0.1, 0.15) is 5.75 Å². The first-order valence-corrected chi connectivity index (χ1v) is 5.14. The molecule has 0 heterocycles. The number of hydrogen-bond acceptors (Lipinski definition) is 3. The average Bonchev–Trinajstić information content (AvgIpc) is 2.20. The molecule has 1 N–H and O–H groups in total. The Bertz CT molecular complexity index is 350. The molecule has 4 heteroatoms. The topological polar surface area (TPSA) is 46.5 Å². The van der Waals surface area contributed by atoms with Gasteiger partial charge < -0.3 is 9.84 Å². The highest BCUT2D eigenvalue weighted by atomic mass is 35.5. The number of carbonyl (C=O) groups is 1. The Morgan fingerprint density at radius 3 is 2.93 bits per heavy atom. The van der Waals surface area contributed by atoms with Gasteiger partial charge in [0, 0.05) is 11.4 Å². The molecule has 3 nitrogen and oxygen atoms in total. The van der Waals surface area contributed by atoms with Gasteiger partial charge in [0.25, 0.3) is 0 Å². The van der Waals surface area contributed by atoms with Crippen LogP contribution in [0, 0.1) is 0 Å². The van der Waals surface area contributed by atoms with Crippen LogP contribution in [0.2, 0.25) is 5.02 Å². The highest BCUT2D eigenvalue weighted by Gasteiger charge is 2.06. The lowest BCUT2D eigenvalue weighted by Gasteiger charge is -2.04. The minimum atomic E-state index is -0.253. The Balaban J connectivity index is 2.57. The van der Waals surface area contributed by atoms with Crippen molar-refractivity contribution >= 4 is 17.6 Å². The Morgan fingerprint density at radius 2 is 2.27 bits per heavy atom. The van der Waals surface area contributed by atoms with Crippen LogP contribution in [0.1, 0.15) is 18.9 Å². The summed E-state index contributed by atoms with van der Waals surface area (Å²) < 4.78 is 4.79. The first-order valence-electron chi connectivity index (χ1n) is 4.76. The minimum absolute atomic E-state index is 0.151. The standard InChI is InChI=1S/C11H13ClO3/c1-2-15-11(14)6-3-8-7-9(13)4-5-10(8)12/h4-5,7,13H,2-3,6H2,1H3. The van der Waals surface area contributed by atoms with Gasteiger partial charge in [-0.1, -0.05) is 11.6 Å². The van der Waals surface area contributed by atoms with Gasteiger partial charge in [-0.05, 0) is 37.1 Å². The average molecular weight is 229 g/mol. The number of aryl methyl sites for hydroxylation is 1. The monoisotopic (exact) mass is 228 g/mol. The van der Waals surface area contributed by atoms with Crippen molar-refractivity contribution in [3.8, 4) is 5.75 Å². The molecule has 1 rings (SSSR count). The van der Waals surface area contributed by atoms with E-state index in [4.69, 9.17) is 16.3 Å². The lowest BCUT2D eigenvalue weighted by Crippen LogP contribution is -2.05. The van der Waals surface area contributed by atoms with Gasteiger partial charge >= 0.3 is 5.97 Å². The highest BCUT2D eigenvalue weighted by molar-refractivity contribution is 6.31. The molecule has 0 amide bonds. The summed E-state index contributed by atoms with van der Waals surface area (Å²) in [6.45, 7) is 2.14. The molecule has 0 saturated heterocycles. The Labute approximate surface area is 93.6 Å². The van der Waals surface area contributed by atoms with Gasteiger partial charge in [0.05, 0.1) is 6.61 Å². The summed E-state index contributed by atoms with van der Waals surface area (Å²) in [4.78, 5) is 11.1. The van der Waals surface area contributed by atoms with Gasteiger partial charge in [-0.25, -0.2) is 0 Å². The lowest BCUT2D eigenvalue weighted by atomic mass is 10.1. The second-order valence-electron chi connectivity index (χ2n) is 3.08. The summed E-state index contributed by atoms with van der Waals surface area (Å²) in [5.41, 5.74) is 0.754. The van der Waals surface area contributed by atoms with Gasteiger partial charge in [0.2, 0.25) is 0 Å². The molecule has 0 aliphatic rings. The number of hydrogen-bond donors (Lipinski definition) is 1. The van der Waals surface area contributed by atoms with Crippen LogP contribution in [0.4, 0.5) is 0 Å². The molecule has 82 valence electrons. The normalized spacial score (nSPS) is 10.0. The van der Waals surface area contributed by atoms with Crippen LogP contribution in [-0.2, 0) is 16.0 Å². The first kappa shape index (κ1) is 11.9. The summed E-state index contributed by atoms with van der Waals surface area (Å²) in [6.07, 6.45) is 0.753. The molecule has 0 bridgehead atoms. The van der Waals surface area contributed by atoms with Crippen molar-refractivity contribution in [1.82, 2.24) is 0 Å². The number of benzene rings is 1. The predicted molar refractivity (Wildman–Crippen MR) is 58.1 cm³/mol. The highest BCUT2D eigenvalue weighted by Crippen LogP contribution is 2.22. The third kappa shape index (κ3) is 3.80. The summed E-state index contributed by atoms with van der Waals surface area (Å²) in [6, 6.07) is 4.68. The van der Waals surface area contributed by atoms with E-state index in [9.17, 15) is 9.90 Å². The summed E-state index contributed by atoms with van der Waals surface area (Å²) in [7, 11) is 0. The van der Waals surface area contributed by atoms with Crippen molar-refractivity contribution < 1.29 is 14.6 Å². The van der Waals surface area contributed by atoms with Crippen LogP contribution in [0.25, 0.3) is 0 Å². The second-order valence-corrected chi connectivity index (χ2v) is 3.49. The zero-order chi connectivity index (χ0) is 11.3. The van der Waals surface area contributed by atoms with Crippen molar-refractivity contribution in [3.05, 3.63) is 28.8 Å². The number of phenolic OH excluding ortho intramolecular Hbond substituents is 1. The van der Waals surface area contributed by atoms with Crippen LogP contribution in [0.15, 0.2) is 18.2 Å². The fraction of sp³-hybridized carbons (Fsp3) is 0.364. The van der Waals surface area contributed by atoms with E-state index < -0.39 is 0 Å². The molecule has 0 radical (unpaired) electrons. The maximum Gasteiger partial charge on any atom is 0.306 e. The molecule has 15 heavy (non-hydrogen) atoms.